The highest BCUT2D eigenvalue weighted by atomic mass is 35.5. The van der Waals surface area contributed by atoms with Crippen LogP contribution in [0.1, 0.15) is 15.2 Å². The normalized spacial score (nSPS) is 11.7. The van der Waals surface area contributed by atoms with Gasteiger partial charge in [0.1, 0.15) is 4.88 Å². The molecule has 1 aromatic heterocycles. The van der Waals surface area contributed by atoms with Gasteiger partial charge in [-0.15, -0.1) is 11.3 Å². The lowest BCUT2D eigenvalue weighted by Crippen LogP contribution is -2.52. The van der Waals surface area contributed by atoms with Crippen LogP contribution in [0.4, 0.5) is 13.2 Å². The fourth-order valence-corrected chi connectivity index (χ4v) is 3.33. The number of carbonyl (C=O) groups excluding carboxylic acids is 3. The lowest BCUT2D eigenvalue weighted by atomic mass is 10.1. The largest absolute Gasteiger partial charge is 0.416 e. The monoisotopic (exact) mass is 379 g/mol. The molecule has 0 aliphatic rings. The molecule has 0 atom stereocenters. The van der Waals surface area contributed by atoms with Crippen molar-refractivity contribution in [2.24, 2.45) is 11.5 Å². The Bertz CT molecular complexity index is 836. The molecule has 24 heavy (non-hydrogen) atoms. The Labute approximate surface area is 141 Å². The van der Waals surface area contributed by atoms with Crippen LogP contribution in [0.5, 0.6) is 0 Å². The summed E-state index contributed by atoms with van der Waals surface area (Å²) in [7, 11) is 0. The van der Waals surface area contributed by atoms with E-state index in [9.17, 15) is 27.6 Å². The summed E-state index contributed by atoms with van der Waals surface area (Å²) in [6.07, 6.45) is -4.55. The Balaban J connectivity index is 2.42. The van der Waals surface area contributed by atoms with Gasteiger partial charge >= 0.3 is 6.18 Å². The van der Waals surface area contributed by atoms with Crippen LogP contribution in [-0.4, -0.2) is 23.8 Å². The third-order valence-electron chi connectivity index (χ3n) is 3.01. The first-order chi connectivity index (χ1) is 11.0. The lowest BCUT2D eigenvalue weighted by Gasteiger charge is -2.10. The number of hydrogen-bond acceptors (Lipinski definition) is 4. The minimum atomic E-state index is -4.55. The third-order valence-corrected chi connectivity index (χ3v) is 4.66. The molecule has 3 amide bonds. The van der Waals surface area contributed by atoms with Gasteiger partial charge in [0.25, 0.3) is 5.91 Å². The van der Waals surface area contributed by atoms with Crippen LogP contribution in [0.15, 0.2) is 18.2 Å². The van der Waals surface area contributed by atoms with Crippen LogP contribution in [0.25, 0.3) is 10.1 Å². The molecular weight excluding hydrogens is 371 g/mol. The number of benzene rings is 1. The molecule has 1 heterocycles. The van der Waals surface area contributed by atoms with Crippen LogP contribution >= 0.6 is 22.9 Å². The van der Waals surface area contributed by atoms with Gasteiger partial charge in [-0.05, 0) is 12.1 Å². The van der Waals surface area contributed by atoms with Crippen LogP contribution in [-0.2, 0) is 15.8 Å². The molecule has 0 aliphatic heterocycles. The Kier molecular flexibility index (Phi) is 4.72. The van der Waals surface area contributed by atoms with E-state index >= 15 is 0 Å². The predicted octanol–water partition coefficient (Wildman–Crippen LogP) is 1.64. The predicted molar refractivity (Wildman–Crippen MR) is 81.5 cm³/mol. The Morgan fingerprint density at radius 2 is 1.75 bits per heavy atom. The first-order valence-corrected chi connectivity index (χ1v) is 7.40. The highest BCUT2D eigenvalue weighted by molar-refractivity contribution is 7.21. The number of rotatable bonds is 4. The average Bonchev–Trinajstić information content (AvgIpc) is 2.79. The van der Waals surface area contributed by atoms with Crippen LogP contribution in [0, 0.1) is 0 Å². The summed E-state index contributed by atoms with van der Waals surface area (Å²) in [6, 6.07) is 1.05. The zero-order valence-corrected chi connectivity index (χ0v) is 13.2. The van der Waals surface area contributed by atoms with E-state index in [1.54, 1.807) is 0 Å². The van der Waals surface area contributed by atoms with Gasteiger partial charge in [-0.2, -0.15) is 13.2 Å². The Morgan fingerprint density at radius 3 is 2.25 bits per heavy atom. The van der Waals surface area contributed by atoms with Crippen LogP contribution < -0.4 is 16.8 Å². The lowest BCUT2D eigenvalue weighted by molar-refractivity contribution is -0.137. The van der Waals surface area contributed by atoms with Crippen molar-refractivity contribution in [1.82, 2.24) is 5.32 Å². The zero-order chi connectivity index (χ0) is 18.2. The van der Waals surface area contributed by atoms with E-state index in [4.69, 9.17) is 23.1 Å². The molecule has 0 saturated heterocycles. The average molecular weight is 380 g/mol. The number of fused-ring (bicyclic) bond motifs is 1. The summed E-state index contributed by atoms with van der Waals surface area (Å²) in [5.74, 6) is -3.29. The van der Waals surface area contributed by atoms with Crippen LogP contribution in [0.3, 0.4) is 0 Å². The van der Waals surface area contributed by atoms with Crippen molar-refractivity contribution in [2.75, 3.05) is 0 Å². The van der Waals surface area contributed by atoms with E-state index in [0.29, 0.717) is 11.3 Å². The quantitative estimate of drug-likeness (QED) is 0.701. The summed E-state index contributed by atoms with van der Waals surface area (Å²) in [4.78, 5) is 34.1. The number of primary amides is 2. The van der Waals surface area contributed by atoms with E-state index in [1.165, 1.54) is 0 Å². The first kappa shape index (κ1) is 18.0. The van der Waals surface area contributed by atoms with Crippen molar-refractivity contribution in [2.45, 2.75) is 12.2 Å². The molecule has 0 spiro atoms. The van der Waals surface area contributed by atoms with E-state index in [0.717, 1.165) is 18.2 Å². The molecule has 0 bridgehead atoms. The molecule has 11 heteroatoms. The Morgan fingerprint density at radius 1 is 1.17 bits per heavy atom. The standard InChI is InChI=1S/C13H9ClF3N3O3S/c14-7-5-2-1-4(13(15,16)17)3-6(5)24-9(7)12(23)20-8(10(18)21)11(19)22/h1-3,8H,(H2,18,21)(H2,19,22)(H,20,23). The second-order valence-electron chi connectivity index (χ2n) is 4.67. The Hall–Kier alpha value is -2.33. The number of hydrogen-bond donors (Lipinski definition) is 3. The topological polar surface area (TPSA) is 115 Å². The zero-order valence-electron chi connectivity index (χ0n) is 11.6. The maximum Gasteiger partial charge on any atom is 0.416 e. The molecule has 0 unspecified atom stereocenters. The SMILES string of the molecule is NC(=O)C(NC(=O)c1sc2cc(C(F)(F)F)ccc2c1Cl)C(N)=O. The van der Waals surface area contributed by atoms with E-state index in [2.05, 4.69) is 0 Å². The summed E-state index contributed by atoms with van der Waals surface area (Å²) in [5.41, 5.74) is 8.98. The van der Waals surface area contributed by atoms with Crippen molar-refractivity contribution < 1.29 is 27.6 Å². The van der Waals surface area contributed by atoms with Crippen molar-refractivity contribution in [3.63, 3.8) is 0 Å². The molecule has 0 saturated carbocycles. The number of nitrogens with one attached hydrogen (secondary N) is 1. The third kappa shape index (κ3) is 3.44. The summed E-state index contributed by atoms with van der Waals surface area (Å²) >= 11 is 6.68. The van der Waals surface area contributed by atoms with Gasteiger partial charge in [-0.3, -0.25) is 14.4 Å². The van der Waals surface area contributed by atoms with Gasteiger partial charge in [-0.1, -0.05) is 17.7 Å². The maximum atomic E-state index is 12.7. The van der Waals surface area contributed by atoms with Crippen molar-refractivity contribution in [3.8, 4) is 0 Å². The maximum absolute atomic E-state index is 12.7. The van der Waals surface area contributed by atoms with Gasteiger partial charge < -0.3 is 16.8 Å². The number of carbonyl (C=O) groups is 3. The second-order valence-corrected chi connectivity index (χ2v) is 6.10. The molecule has 0 fully saturated rings. The van der Waals surface area contributed by atoms with Crippen LogP contribution in [0.2, 0.25) is 5.02 Å². The summed E-state index contributed by atoms with van der Waals surface area (Å²) < 4.78 is 38.3. The minimum Gasteiger partial charge on any atom is -0.367 e. The number of nitrogens with two attached hydrogens (primary N) is 2. The van der Waals surface area contributed by atoms with Gasteiger partial charge in [0.05, 0.1) is 10.6 Å². The molecule has 0 aliphatic carbocycles. The smallest absolute Gasteiger partial charge is 0.367 e. The van der Waals surface area contributed by atoms with Gasteiger partial charge in [0.15, 0.2) is 6.04 Å². The fourth-order valence-electron chi connectivity index (χ4n) is 1.87. The van der Waals surface area contributed by atoms with Gasteiger partial charge in [0.2, 0.25) is 11.8 Å². The fraction of sp³-hybridized carbons (Fsp3) is 0.154. The summed E-state index contributed by atoms with van der Waals surface area (Å²) in [6.45, 7) is 0. The second kappa shape index (κ2) is 6.29. The number of halogens is 4. The molecule has 128 valence electrons. The van der Waals surface area contributed by atoms with Crippen molar-refractivity contribution in [3.05, 3.63) is 33.7 Å². The van der Waals surface area contributed by atoms with E-state index in [-0.39, 0.29) is 20.0 Å². The van der Waals surface area contributed by atoms with Crippen molar-refractivity contribution in [1.29, 1.82) is 0 Å². The number of thiophene rings is 1. The molecule has 2 rings (SSSR count). The molecular formula is C13H9ClF3N3O3S. The first-order valence-electron chi connectivity index (χ1n) is 6.21. The van der Waals surface area contributed by atoms with Gasteiger partial charge in [0, 0.05) is 10.1 Å². The molecule has 2 aromatic rings. The number of alkyl halides is 3. The molecule has 1 aromatic carbocycles. The highest BCUT2D eigenvalue weighted by Crippen LogP contribution is 2.39. The van der Waals surface area contributed by atoms with E-state index < -0.39 is 35.5 Å². The summed E-state index contributed by atoms with van der Waals surface area (Å²) in [5, 5.41) is 2.12. The molecule has 0 radical (unpaired) electrons. The molecule has 6 nitrogen and oxygen atoms in total. The van der Waals surface area contributed by atoms with E-state index in [1.807, 2.05) is 5.32 Å². The van der Waals surface area contributed by atoms with Crippen molar-refractivity contribution >= 4 is 50.7 Å². The molecule has 5 N–H and O–H groups in total. The minimum absolute atomic E-state index is 0.103. The number of amides is 3. The van der Waals surface area contributed by atoms with Gasteiger partial charge in [-0.25, -0.2) is 0 Å². The highest BCUT2D eigenvalue weighted by Gasteiger charge is 2.32.